The number of likely N-dealkylation sites (tertiary alicyclic amines) is 1. The highest BCUT2D eigenvalue weighted by Crippen LogP contribution is 2.31. The number of para-hydroxylation sites is 1. The van der Waals surface area contributed by atoms with E-state index in [0.29, 0.717) is 12.0 Å². The van der Waals surface area contributed by atoms with Crippen LogP contribution in [0.4, 0.5) is 17.5 Å². The first-order valence-electron chi connectivity index (χ1n) is 13.1. The summed E-state index contributed by atoms with van der Waals surface area (Å²) in [7, 11) is 7.92. The Morgan fingerprint density at radius 1 is 1.00 bits per heavy atom. The number of ether oxygens (including phenoxy) is 1. The van der Waals surface area contributed by atoms with E-state index in [2.05, 4.69) is 76.2 Å². The van der Waals surface area contributed by atoms with Gasteiger partial charge in [0, 0.05) is 63.0 Å². The standard InChI is InChI=1S/C28H41N7O/c1-29-16-7-8-17-30-28-32-24-11-6-5-10-22(24)27(33-28)31-21-14-18-35(19-15-21)20-23-25(34(2)3)12-9-13-26(23)36-4/h5-6,9-13,21,29H,7-8,14-20H2,1-4H3,(H2,30,31,32,33). The van der Waals surface area contributed by atoms with Gasteiger partial charge in [-0.3, -0.25) is 4.90 Å². The zero-order valence-corrected chi connectivity index (χ0v) is 22.2. The normalized spacial score (nSPS) is 14.7. The molecular formula is C28H41N7O. The van der Waals surface area contributed by atoms with E-state index in [1.54, 1.807) is 7.11 Å². The molecule has 3 N–H and O–H groups in total. The molecule has 1 saturated heterocycles. The van der Waals surface area contributed by atoms with Gasteiger partial charge in [0.15, 0.2) is 0 Å². The van der Waals surface area contributed by atoms with Crippen LogP contribution in [-0.2, 0) is 6.54 Å². The fraction of sp³-hybridized carbons (Fsp3) is 0.500. The molecule has 194 valence electrons. The van der Waals surface area contributed by atoms with E-state index < -0.39 is 0 Å². The van der Waals surface area contributed by atoms with Crippen molar-refractivity contribution in [1.29, 1.82) is 0 Å². The maximum absolute atomic E-state index is 5.69. The molecule has 4 rings (SSSR count). The van der Waals surface area contributed by atoms with Crippen LogP contribution >= 0.6 is 0 Å². The summed E-state index contributed by atoms with van der Waals surface area (Å²) in [5.41, 5.74) is 3.44. The van der Waals surface area contributed by atoms with Crippen LogP contribution in [0, 0.1) is 0 Å². The van der Waals surface area contributed by atoms with Crippen molar-refractivity contribution in [3.05, 3.63) is 48.0 Å². The van der Waals surface area contributed by atoms with E-state index in [-0.39, 0.29) is 0 Å². The third-order valence-electron chi connectivity index (χ3n) is 6.86. The van der Waals surface area contributed by atoms with Crippen LogP contribution in [0.25, 0.3) is 10.9 Å². The van der Waals surface area contributed by atoms with Gasteiger partial charge in [-0.15, -0.1) is 0 Å². The number of fused-ring (bicyclic) bond motifs is 1. The first-order valence-corrected chi connectivity index (χ1v) is 13.1. The highest BCUT2D eigenvalue weighted by Gasteiger charge is 2.23. The highest BCUT2D eigenvalue weighted by atomic mass is 16.5. The van der Waals surface area contributed by atoms with E-state index in [1.807, 2.05) is 13.1 Å². The highest BCUT2D eigenvalue weighted by molar-refractivity contribution is 5.90. The van der Waals surface area contributed by atoms with Crippen molar-refractivity contribution in [3.63, 3.8) is 0 Å². The second-order valence-electron chi connectivity index (χ2n) is 9.70. The van der Waals surface area contributed by atoms with Gasteiger partial charge in [0.05, 0.1) is 12.6 Å². The lowest BCUT2D eigenvalue weighted by molar-refractivity contribution is 0.209. The second kappa shape index (κ2) is 12.7. The average molecular weight is 492 g/mol. The van der Waals surface area contributed by atoms with Gasteiger partial charge < -0.3 is 25.6 Å². The Balaban J connectivity index is 1.40. The Hall–Kier alpha value is -3.10. The molecule has 8 heteroatoms. The summed E-state index contributed by atoms with van der Waals surface area (Å²) in [5.74, 6) is 2.58. The minimum atomic E-state index is 0.383. The summed E-state index contributed by atoms with van der Waals surface area (Å²) in [6, 6.07) is 14.9. The molecule has 8 nitrogen and oxygen atoms in total. The zero-order valence-electron chi connectivity index (χ0n) is 22.2. The molecular weight excluding hydrogens is 450 g/mol. The van der Waals surface area contributed by atoms with Gasteiger partial charge >= 0.3 is 0 Å². The molecule has 0 atom stereocenters. The average Bonchev–Trinajstić information content (AvgIpc) is 2.89. The predicted octanol–water partition coefficient (Wildman–Crippen LogP) is 4.19. The first-order chi connectivity index (χ1) is 17.6. The molecule has 1 aromatic heterocycles. The lowest BCUT2D eigenvalue weighted by Crippen LogP contribution is -2.39. The molecule has 3 aromatic rings. The maximum atomic E-state index is 5.69. The Bertz CT molecular complexity index is 1110. The number of unbranched alkanes of at least 4 members (excludes halogenated alkanes) is 1. The van der Waals surface area contributed by atoms with Crippen molar-refractivity contribution in [3.8, 4) is 5.75 Å². The monoisotopic (exact) mass is 491 g/mol. The minimum Gasteiger partial charge on any atom is -0.496 e. The van der Waals surface area contributed by atoms with Crippen molar-refractivity contribution in [2.24, 2.45) is 0 Å². The van der Waals surface area contributed by atoms with Crippen LogP contribution < -0.4 is 25.6 Å². The van der Waals surface area contributed by atoms with Crippen molar-refractivity contribution >= 4 is 28.4 Å². The van der Waals surface area contributed by atoms with Gasteiger partial charge in [-0.05, 0) is 63.5 Å². The smallest absolute Gasteiger partial charge is 0.225 e. The molecule has 1 fully saturated rings. The number of aromatic nitrogens is 2. The third-order valence-corrected chi connectivity index (χ3v) is 6.86. The topological polar surface area (TPSA) is 77.6 Å². The summed E-state index contributed by atoms with van der Waals surface area (Å²) < 4.78 is 5.69. The number of rotatable bonds is 12. The van der Waals surface area contributed by atoms with Crippen LogP contribution in [0.1, 0.15) is 31.2 Å². The van der Waals surface area contributed by atoms with Crippen LogP contribution in [0.15, 0.2) is 42.5 Å². The summed E-state index contributed by atoms with van der Waals surface area (Å²) in [4.78, 5) is 14.3. The van der Waals surface area contributed by atoms with Gasteiger partial charge in [-0.25, -0.2) is 4.98 Å². The molecule has 0 bridgehead atoms. The van der Waals surface area contributed by atoms with E-state index in [1.165, 1.54) is 11.3 Å². The number of hydrogen-bond donors (Lipinski definition) is 3. The lowest BCUT2D eigenvalue weighted by atomic mass is 10.0. The summed E-state index contributed by atoms with van der Waals surface area (Å²) >= 11 is 0. The van der Waals surface area contributed by atoms with Gasteiger partial charge in [-0.1, -0.05) is 18.2 Å². The quantitative estimate of drug-likeness (QED) is 0.326. The molecule has 0 amide bonds. The van der Waals surface area contributed by atoms with Gasteiger partial charge in [-0.2, -0.15) is 4.98 Å². The minimum absolute atomic E-state index is 0.383. The summed E-state index contributed by atoms with van der Waals surface area (Å²) in [6.07, 6.45) is 4.35. The summed E-state index contributed by atoms with van der Waals surface area (Å²) in [6.45, 7) is 4.85. The number of nitrogens with one attached hydrogen (secondary N) is 3. The molecule has 36 heavy (non-hydrogen) atoms. The molecule has 1 aliphatic heterocycles. The molecule has 0 saturated carbocycles. The zero-order chi connectivity index (χ0) is 25.3. The number of nitrogens with zero attached hydrogens (tertiary/aromatic N) is 4. The van der Waals surface area contributed by atoms with Crippen LogP contribution in [0.3, 0.4) is 0 Å². The molecule has 2 heterocycles. The molecule has 0 unspecified atom stereocenters. The molecule has 1 aliphatic rings. The van der Waals surface area contributed by atoms with Crippen LogP contribution in [0.5, 0.6) is 5.75 Å². The fourth-order valence-electron chi connectivity index (χ4n) is 4.87. The molecule has 0 radical (unpaired) electrons. The SMILES string of the molecule is CNCCCCNc1nc(NC2CCN(Cc3c(OC)cccc3N(C)C)CC2)c2ccccc2n1. The molecule has 2 aromatic carbocycles. The van der Waals surface area contributed by atoms with Crippen molar-refractivity contribution in [2.75, 3.05) is 70.0 Å². The predicted molar refractivity (Wildman–Crippen MR) is 150 cm³/mol. The number of methoxy groups -OCH3 is 1. The van der Waals surface area contributed by atoms with E-state index in [9.17, 15) is 0 Å². The Morgan fingerprint density at radius 2 is 1.78 bits per heavy atom. The first kappa shape index (κ1) is 26.0. The van der Waals surface area contributed by atoms with Crippen molar-refractivity contribution in [1.82, 2.24) is 20.2 Å². The fourth-order valence-corrected chi connectivity index (χ4v) is 4.87. The number of anilines is 3. The molecule has 0 spiro atoms. The van der Waals surface area contributed by atoms with Gasteiger partial charge in [0.2, 0.25) is 5.95 Å². The van der Waals surface area contributed by atoms with Crippen molar-refractivity contribution < 1.29 is 4.74 Å². The van der Waals surface area contributed by atoms with Crippen LogP contribution in [0.2, 0.25) is 0 Å². The third kappa shape index (κ3) is 6.56. The van der Waals surface area contributed by atoms with E-state index in [0.717, 1.165) is 80.9 Å². The molecule has 0 aliphatic carbocycles. The Labute approximate surface area is 215 Å². The van der Waals surface area contributed by atoms with Crippen LogP contribution in [-0.4, -0.2) is 75.3 Å². The second-order valence-corrected chi connectivity index (χ2v) is 9.70. The number of piperidine rings is 1. The van der Waals surface area contributed by atoms with Crippen molar-refractivity contribution in [2.45, 2.75) is 38.3 Å². The number of benzene rings is 2. The largest absolute Gasteiger partial charge is 0.496 e. The Morgan fingerprint density at radius 3 is 2.53 bits per heavy atom. The van der Waals surface area contributed by atoms with Gasteiger partial charge in [0.1, 0.15) is 11.6 Å². The maximum Gasteiger partial charge on any atom is 0.225 e. The Kier molecular flexibility index (Phi) is 9.19. The number of hydrogen-bond acceptors (Lipinski definition) is 8. The van der Waals surface area contributed by atoms with E-state index >= 15 is 0 Å². The summed E-state index contributed by atoms with van der Waals surface area (Å²) in [5, 5.41) is 11.4. The lowest BCUT2D eigenvalue weighted by Gasteiger charge is -2.34. The van der Waals surface area contributed by atoms with Gasteiger partial charge in [0.25, 0.3) is 0 Å². The van der Waals surface area contributed by atoms with E-state index in [4.69, 9.17) is 14.7 Å².